The SMILES string of the molecule is CC(C)N(C)c1nc(-c2ccccc2)nc2c1CN(C(=O)c1ccccc1Br)CC2. The highest BCUT2D eigenvalue weighted by Crippen LogP contribution is 2.31. The van der Waals surface area contributed by atoms with Crippen LogP contribution in [0.4, 0.5) is 5.82 Å². The molecule has 0 bridgehead atoms. The molecule has 1 aliphatic rings. The van der Waals surface area contributed by atoms with E-state index >= 15 is 0 Å². The number of hydrogen-bond donors (Lipinski definition) is 0. The molecule has 0 atom stereocenters. The van der Waals surface area contributed by atoms with Gasteiger partial charge >= 0.3 is 0 Å². The molecular formula is C24H25BrN4O. The van der Waals surface area contributed by atoms with Crippen molar-refractivity contribution in [3.05, 3.63) is 75.9 Å². The second-order valence-corrected chi connectivity index (χ2v) is 8.68. The lowest BCUT2D eigenvalue weighted by molar-refractivity contribution is 0.0732. The van der Waals surface area contributed by atoms with E-state index < -0.39 is 0 Å². The monoisotopic (exact) mass is 464 g/mol. The number of fused-ring (bicyclic) bond motifs is 1. The predicted octanol–water partition coefficient (Wildman–Crippen LogP) is 4.95. The van der Waals surface area contributed by atoms with Gasteiger partial charge in [0, 0.05) is 41.7 Å². The molecule has 0 aliphatic carbocycles. The van der Waals surface area contributed by atoms with E-state index in [0.717, 1.165) is 32.9 Å². The van der Waals surface area contributed by atoms with Gasteiger partial charge in [-0.2, -0.15) is 0 Å². The van der Waals surface area contributed by atoms with Crippen LogP contribution in [0, 0.1) is 0 Å². The summed E-state index contributed by atoms with van der Waals surface area (Å²) in [4.78, 5) is 27.0. The highest BCUT2D eigenvalue weighted by atomic mass is 79.9. The lowest BCUT2D eigenvalue weighted by Crippen LogP contribution is -2.38. The molecule has 0 saturated carbocycles. The van der Waals surface area contributed by atoms with E-state index in [0.29, 0.717) is 25.1 Å². The number of aromatic nitrogens is 2. The van der Waals surface area contributed by atoms with E-state index in [1.165, 1.54) is 0 Å². The van der Waals surface area contributed by atoms with E-state index in [1.807, 2.05) is 59.5 Å². The maximum Gasteiger partial charge on any atom is 0.255 e. The molecule has 5 nitrogen and oxygen atoms in total. The number of carbonyl (C=O) groups excluding carboxylic acids is 1. The van der Waals surface area contributed by atoms with Gasteiger partial charge in [0.15, 0.2) is 5.82 Å². The molecule has 4 rings (SSSR count). The molecule has 1 amide bonds. The van der Waals surface area contributed by atoms with Crippen molar-refractivity contribution in [3.8, 4) is 11.4 Å². The molecule has 0 fully saturated rings. The van der Waals surface area contributed by atoms with E-state index in [-0.39, 0.29) is 11.9 Å². The quantitative estimate of drug-likeness (QED) is 0.547. The molecule has 30 heavy (non-hydrogen) atoms. The molecule has 0 radical (unpaired) electrons. The second-order valence-electron chi connectivity index (χ2n) is 7.82. The first-order valence-corrected chi connectivity index (χ1v) is 11.0. The van der Waals surface area contributed by atoms with Crippen LogP contribution >= 0.6 is 15.9 Å². The minimum atomic E-state index is 0.0263. The lowest BCUT2D eigenvalue weighted by atomic mass is 10.0. The number of anilines is 1. The van der Waals surface area contributed by atoms with Crippen LogP contribution in [0.1, 0.15) is 35.5 Å². The number of halogens is 1. The summed E-state index contributed by atoms with van der Waals surface area (Å²) < 4.78 is 0.816. The largest absolute Gasteiger partial charge is 0.357 e. The minimum Gasteiger partial charge on any atom is -0.357 e. The number of nitrogens with zero attached hydrogens (tertiary/aromatic N) is 4. The van der Waals surface area contributed by atoms with Gasteiger partial charge in [0.2, 0.25) is 0 Å². The molecule has 3 aromatic rings. The van der Waals surface area contributed by atoms with Crippen molar-refractivity contribution in [1.29, 1.82) is 0 Å². The van der Waals surface area contributed by atoms with Gasteiger partial charge in [-0.05, 0) is 41.9 Å². The van der Waals surface area contributed by atoms with E-state index in [2.05, 4.69) is 41.7 Å². The number of amides is 1. The van der Waals surface area contributed by atoms with Gasteiger partial charge in [-0.15, -0.1) is 0 Å². The number of rotatable bonds is 4. The van der Waals surface area contributed by atoms with E-state index in [1.54, 1.807) is 0 Å². The molecule has 0 spiro atoms. The third kappa shape index (κ3) is 3.97. The average Bonchev–Trinajstić information content (AvgIpc) is 2.78. The van der Waals surface area contributed by atoms with Crippen LogP contribution in [-0.4, -0.2) is 40.4 Å². The standard InChI is InChI=1S/C24H25BrN4O/c1-16(2)28(3)23-19-15-29(24(30)18-11-7-8-12-20(18)25)14-13-21(19)26-22(27-23)17-9-5-4-6-10-17/h4-12,16H,13-15H2,1-3H3. The Balaban J connectivity index is 1.74. The Kier molecular flexibility index (Phi) is 5.86. The molecule has 154 valence electrons. The van der Waals surface area contributed by atoms with Gasteiger partial charge in [0.05, 0.1) is 17.8 Å². The zero-order valence-electron chi connectivity index (χ0n) is 17.5. The first-order chi connectivity index (χ1) is 14.5. The van der Waals surface area contributed by atoms with Gasteiger partial charge in [-0.1, -0.05) is 42.5 Å². The summed E-state index contributed by atoms with van der Waals surface area (Å²) in [5.41, 5.74) is 3.76. The maximum absolute atomic E-state index is 13.2. The fourth-order valence-corrected chi connectivity index (χ4v) is 4.08. The second kappa shape index (κ2) is 8.56. The van der Waals surface area contributed by atoms with Crippen molar-refractivity contribution in [2.75, 3.05) is 18.5 Å². The highest BCUT2D eigenvalue weighted by Gasteiger charge is 2.28. The van der Waals surface area contributed by atoms with Crippen LogP contribution < -0.4 is 4.90 Å². The number of benzene rings is 2. The highest BCUT2D eigenvalue weighted by molar-refractivity contribution is 9.10. The molecular weight excluding hydrogens is 440 g/mol. The zero-order valence-corrected chi connectivity index (χ0v) is 19.1. The fourth-order valence-electron chi connectivity index (χ4n) is 3.63. The van der Waals surface area contributed by atoms with Crippen LogP contribution in [-0.2, 0) is 13.0 Å². The van der Waals surface area contributed by atoms with E-state index in [9.17, 15) is 4.79 Å². The first-order valence-electron chi connectivity index (χ1n) is 10.2. The Morgan fingerprint density at radius 3 is 2.47 bits per heavy atom. The van der Waals surface area contributed by atoms with Crippen LogP contribution in [0.15, 0.2) is 59.1 Å². The Morgan fingerprint density at radius 1 is 1.07 bits per heavy atom. The Labute approximate surface area is 185 Å². The molecule has 2 heterocycles. The summed E-state index contributed by atoms with van der Waals surface area (Å²) in [5, 5.41) is 0. The van der Waals surface area contributed by atoms with Crippen molar-refractivity contribution in [1.82, 2.24) is 14.9 Å². The number of carbonyl (C=O) groups is 1. The fraction of sp³-hybridized carbons (Fsp3) is 0.292. The molecule has 0 unspecified atom stereocenters. The van der Waals surface area contributed by atoms with Crippen molar-refractivity contribution >= 4 is 27.7 Å². The molecule has 6 heteroatoms. The third-order valence-corrected chi connectivity index (χ3v) is 6.26. The minimum absolute atomic E-state index is 0.0263. The van der Waals surface area contributed by atoms with Crippen molar-refractivity contribution in [2.24, 2.45) is 0 Å². The molecule has 1 aromatic heterocycles. The van der Waals surface area contributed by atoms with E-state index in [4.69, 9.17) is 9.97 Å². The number of hydrogen-bond acceptors (Lipinski definition) is 4. The summed E-state index contributed by atoms with van der Waals surface area (Å²) >= 11 is 3.51. The summed E-state index contributed by atoms with van der Waals surface area (Å²) in [6.45, 7) is 5.44. The van der Waals surface area contributed by atoms with Crippen molar-refractivity contribution in [3.63, 3.8) is 0 Å². The van der Waals surface area contributed by atoms with Crippen LogP contribution in [0.2, 0.25) is 0 Å². The van der Waals surface area contributed by atoms with Gasteiger partial charge in [0.25, 0.3) is 5.91 Å². The molecule has 2 aromatic carbocycles. The summed E-state index contributed by atoms with van der Waals surface area (Å²) in [6.07, 6.45) is 0.715. The maximum atomic E-state index is 13.2. The van der Waals surface area contributed by atoms with Crippen LogP contribution in [0.5, 0.6) is 0 Å². The first kappa shape index (κ1) is 20.5. The molecule has 0 N–H and O–H groups in total. The van der Waals surface area contributed by atoms with Crippen LogP contribution in [0.3, 0.4) is 0 Å². The molecule has 0 saturated heterocycles. The normalized spacial score (nSPS) is 13.3. The van der Waals surface area contributed by atoms with Gasteiger partial charge in [-0.25, -0.2) is 9.97 Å². The smallest absolute Gasteiger partial charge is 0.255 e. The average molecular weight is 465 g/mol. The van der Waals surface area contributed by atoms with Crippen LogP contribution in [0.25, 0.3) is 11.4 Å². The third-order valence-electron chi connectivity index (χ3n) is 5.57. The van der Waals surface area contributed by atoms with Gasteiger partial charge < -0.3 is 9.80 Å². The van der Waals surface area contributed by atoms with Gasteiger partial charge in [0.1, 0.15) is 5.82 Å². The Hall–Kier alpha value is -2.73. The van der Waals surface area contributed by atoms with Crippen molar-refractivity contribution in [2.45, 2.75) is 32.9 Å². The zero-order chi connectivity index (χ0) is 21.3. The summed E-state index contributed by atoms with van der Waals surface area (Å²) in [7, 11) is 2.05. The molecule has 1 aliphatic heterocycles. The van der Waals surface area contributed by atoms with Gasteiger partial charge in [-0.3, -0.25) is 4.79 Å². The summed E-state index contributed by atoms with van der Waals surface area (Å²) in [5.74, 6) is 1.67. The Bertz CT molecular complexity index is 1070. The predicted molar refractivity (Wildman–Crippen MR) is 124 cm³/mol. The van der Waals surface area contributed by atoms with Crippen molar-refractivity contribution < 1.29 is 4.79 Å². The lowest BCUT2D eigenvalue weighted by Gasteiger charge is -2.33. The topological polar surface area (TPSA) is 49.3 Å². The summed E-state index contributed by atoms with van der Waals surface area (Å²) in [6, 6.07) is 17.9. The Morgan fingerprint density at radius 2 is 1.77 bits per heavy atom.